The number of amides is 1. The quantitative estimate of drug-likeness (QED) is 0.803. The molecule has 0 bridgehead atoms. The number of likely N-dealkylation sites (tertiary alicyclic amines) is 1. The second-order valence-corrected chi connectivity index (χ2v) is 5.53. The summed E-state index contributed by atoms with van der Waals surface area (Å²) in [6.07, 6.45) is 0.475. The topological polar surface area (TPSA) is 60.8 Å². The summed E-state index contributed by atoms with van der Waals surface area (Å²) in [6.45, 7) is 4.81. The van der Waals surface area contributed by atoms with Crippen molar-refractivity contribution in [3.05, 3.63) is 34.9 Å². The highest BCUT2D eigenvalue weighted by atomic mass is 16.3. The molecule has 1 amide bonds. The lowest BCUT2D eigenvalue weighted by atomic mass is 10.0. The molecule has 2 rings (SSSR count). The number of aryl methyl sites for hydroxylation is 1. The second-order valence-electron chi connectivity index (χ2n) is 5.53. The Morgan fingerprint density at radius 1 is 1.52 bits per heavy atom. The average Bonchev–Trinajstić information content (AvgIpc) is 2.95. The maximum absolute atomic E-state index is 12.5. The number of hydrogen-bond donors (Lipinski definition) is 2. The Kier molecular flexibility index (Phi) is 5.00. The number of aliphatic hydroxyl groups excluding tert-OH is 2. The normalized spacial score (nSPS) is 19.0. The minimum Gasteiger partial charge on any atom is -0.393 e. The van der Waals surface area contributed by atoms with E-state index in [0.717, 1.165) is 17.5 Å². The number of aliphatic hydroxyl groups is 2. The van der Waals surface area contributed by atoms with Crippen molar-refractivity contribution in [2.75, 3.05) is 19.7 Å². The molecule has 1 aromatic rings. The van der Waals surface area contributed by atoms with E-state index in [4.69, 9.17) is 5.11 Å². The van der Waals surface area contributed by atoms with Gasteiger partial charge in [0.15, 0.2) is 0 Å². The molecule has 1 aromatic carbocycles. The van der Waals surface area contributed by atoms with Crippen molar-refractivity contribution in [2.24, 2.45) is 5.92 Å². The number of carbonyl (C=O) groups excluding carboxylic acids is 1. The number of hydrogen-bond acceptors (Lipinski definition) is 3. The fraction of sp³-hybridized carbons (Fsp3) is 0.471. The Balaban J connectivity index is 2.12. The lowest BCUT2D eigenvalue weighted by Gasteiger charge is -2.18. The maximum atomic E-state index is 12.5. The summed E-state index contributed by atoms with van der Waals surface area (Å²) in [5.41, 5.74) is 2.39. The first kappa shape index (κ1) is 15.6. The molecule has 2 unspecified atom stereocenters. The van der Waals surface area contributed by atoms with Gasteiger partial charge < -0.3 is 15.1 Å². The standard InChI is InChI=1S/C17H21NO3/c1-12-10-15(6-5-14(12)4-3-9-19)17(21)18-8-7-16(11-18)13(2)20/h5-6,10,13,16,19-20H,7-9,11H2,1-2H3. The van der Waals surface area contributed by atoms with Crippen LogP contribution >= 0.6 is 0 Å². The fourth-order valence-electron chi connectivity index (χ4n) is 2.62. The SMILES string of the molecule is Cc1cc(C(=O)N2CCC(C(C)O)C2)ccc1C#CCO. The van der Waals surface area contributed by atoms with Crippen molar-refractivity contribution in [3.8, 4) is 11.8 Å². The Labute approximate surface area is 125 Å². The van der Waals surface area contributed by atoms with Gasteiger partial charge in [-0.2, -0.15) is 0 Å². The summed E-state index contributed by atoms with van der Waals surface area (Å²) in [7, 11) is 0. The minimum atomic E-state index is -0.374. The third kappa shape index (κ3) is 3.63. The van der Waals surface area contributed by atoms with Gasteiger partial charge in [-0.3, -0.25) is 4.79 Å². The Morgan fingerprint density at radius 2 is 2.29 bits per heavy atom. The molecule has 2 N–H and O–H groups in total. The van der Waals surface area contributed by atoms with Crippen LogP contribution in [0.4, 0.5) is 0 Å². The van der Waals surface area contributed by atoms with E-state index in [1.165, 1.54) is 0 Å². The van der Waals surface area contributed by atoms with Crippen molar-refractivity contribution in [3.63, 3.8) is 0 Å². The van der Waals surface area contributed by atoms with Crippen LogP contribution in [0.1, 0.15) is 34.8 Å². The van der Waals surface area contributed by atoms with Crippen LogP contribution in [0.25, 0.3) is 0 Å². The zero-order valence-electron chi connectivity index (χ0n) is 12.5. The molecule has 0 aliphatic carbocycles. The van der Waals surface area contributed by atoms with E-state index in [2.05, 4.69) is 11.8 Å². The van der Waals surface area contributed by atoms with E-state index in [-0.39, 0.29) is 24.5 Å². The zero-order chi connectivity index (χ0) is 15.4. The molecule has 4 heteroatoms. The van der Waals surface area contributed by atoms with Gasteiger partial charge in [0.2, 0.25) is 0 Å². The highest BCUT2D eigenvalue weighted by Crippen LogP contribution is 2.22. The predicted molar refractivity (Wildman–Crippen MR) is 80.8 cm³/mol. The summed E-state index contributed by atoms with van der Waals surface area (Å²) < 4.78 is 0. The Hall–Kier alpha value is -1.83. The molecule has 4 nitrogen and oxygen atoms in total. The largest absolute Gasteiger partial charge is 0.393 e. The molecule has 1 aliphatic rings. The Bertz CT molecular complexity index is 583. The first-order chi connectivity index (χ1) is 10.0. The minimum absolute atomic E-state index is 0.00270. The van der Waals surface area contributed by atoms with Gasteiger partial charge in [-0.25, -0.2) is 0 Å². The predicted octanol–water partition coefficient (Wildman–Crippen LogP) is 1.18. The molecule has 0 aromatic heterocycles. The van der Waals surface area contributed by atoms with E-state index >= 15 is 0 Å². The molecular weight excluding hydrogens is 266 g/mol. The average molecular weight is 287 g/mol. The summed E-state index contributed by atoms with van der Waals surface area (Å²) in [5.74, 6) is 5.65. The van der Waals surface area contributed by atoms with Gasteiger partial charge in [0.25, 0.3) is 5.91 Å². The van der Waals surface area contributed by atoms with Crippen LogP contribution in [0.2, 0.25) is 0 Å². The third-order valence-corrected chi connectivity index (χ3v) is 3.97. The molecule has 1 aliphatic heterocycles. The third-order valence-electron chi connectivity index (χ3n) is 3.97. The van der Waals surface area contributed by atoms with Gasteiger partial charge >= 0.3 is 0 Å². The van der Waals surface area contributed by atoms with Gasteiger partial charge in [0, 0.05) is 30.1 Å². The van der Waals surface area contributed by atoms with E-state index < -0.39 is 0 Å². The smallest absolute Gasteiger partial charge is 0.253 e. The monoisotopic (exact) mass is 287 g/mol. The van der Waals surface area contributed by atoms with Gasteiger partial charge in [0.1, 0.15) is 6.61 Å². The van der Waals surface area contributed by atoms with Crippen LogP contribution in [0.15, 0.2) is 18.2 Å². The highest BCUT2D eigenvalue weighted by molar-refractivity contribution is 5.94. The van der Waals surface area contributed by atoms with E-state index in [1.54, 1.807) is 17.9 Å². The lowest BCUT2D eigenvalue weighted by Crippen LogP contribution is -2.30. The Morgan fingerprint density at radius 3 is 2.86 bits per heavy atom. The molecule has 1 saturated heterocycles. The fourth-order valence-corrected chi connectivity index (χ4v) is 2.62. The second kappa shape index (κ2) is 6.75. The lowest BCUT2D eigenvalue weighted by molar-refractivity contribution is 0.0762. The molecule has 1 fully saturated rings. The molecule has 0 spiro atoms. The summed E-state index contributed by atoms with van der Waals surface area (Å²) >= 11 is 0. The molecule has 0 saturated carbocycles. The molecular formula is C17H21NO3. The first-order valence-electron chi connectivity index (χ1n) is 7.20. The van der Waals surface area contributed by atoms with Gasteiger partial charge in [-0.05, 0) is 44.0 Å². The number of benzene rings is 1. The summed E-state index contributed by atoms with van der Waals surface area (Å²) in [4.78, 5) is 14.3. The number of nitrogens with zero attached hydrogens (tertiary/aromatic N) is 1. The zero-order valence-corrected chi connectivity index (χ0v) is 12.5. The van der Waals surface area contributed by atoms with Crippen molar-refractivity contribution in [1.82, 2.24) is 4.90 Å². The van der Waals surface area contributed by atoms with Crippen LogP contribution in [0, 0.1) is 24.7 Å². The van der Waals surface area contributed by atoms with Crippen LogP contribution in [0.3, 0.4) is 0 Å². The van der Waals surface area contributed by atoms with Crippen molar-refractivity contribution >= 4 is 5.91 Å². The first-order valence-corrected chi connectivity index (χ1v) is 7.20. The van der Waals surface area contributed by atoms with Crippen LogP contribution in [-0.2, 0) is 0 Å². The van der Waals surface area contributed by atoms with E-state index in [9.17, 15) is 9.90 Å². The van der Waals surface area contributed by atoms with Gasteiger partial charge in [-0.15, -0.1) is 0 Å². The highest BCUT2D eigenvalue weighted by Gasteiger charge is 2.29. The van der Waals surface area contributed by atoms with E-state index in [0.29, 0.717) is 18.7 Å². The van der Waals surface area contributed by atoms with Gasteiger partial charge in [0.05, 0.1) is 6.10 Å². The molecule has 0 radical (unpaired) electrons. The van der Waals surface area contributed by atoms with Crippen LogP contribution in [-0.4, -0.2) is 46.8 Å². The molecule has 112 valence electrons. The number of rotatable bonds is 2. The summed E-state index contributed by atoms with van der Waals surface area (Å²) in [6, 6.07) is 5.42. The molecule has 1 heterocycles. The number of carbonyl (C=O) groups is 1. The van der Waals surface area contributed by atoms with Crippen molar-refractivity contribution < 1.29 is 15.0 Å². The molecule has 2 atom stereocenters. The van der Waals surface area contributed by atoms with Crippen LogP contribution < -0.4 is 0 Å². The summed E-state index contributed by atoms with van der Waals surface area (Å²) in [5, 5.41) is 18.3. The van der Waals surface area contributed by atoms with Crippen LogP contribution in [0.5, 0.6) is 0 Å². The maximum Gasteiger partial charge on any atom is 0.253 e. The van der Waals surface area contributed by atoms with Gasteiger partial charge in [-0.1, -0.05) is 11.8 Å². The van der Waals surface area contributed by atoms with Crippen molar-refractivity contribution in [1.29, 1.82) is 0 Å². The van der Waals surface area contributed by atoms with E-state index in [1.807, 2.05) is 19.1 Å². The van der Waals surface area contributed by atoms with Crippen molar-refractivity contribution in [2.45, 2.75) is 26.4 Å². The molecule has 21 heavy (non-hydrogen) atoms.